The molecule has 2 aromatic rings. The molecule has 7 nitrogen and oxygen atoms in total. The van der Waals surface area contributed by atoms with E-state index in [2.05, 4.69) is 28.1 Å². The molecule has 4 heterocycles. The van der Waals surface area contributed by atoms with Crippen LogP contribution in [0, 0.1) is 22.7 Å². The lowest BCUT2D eigenvalue weighted by molar-refractivity contribution is -0.163. The fourth-order valence-electron chi connectivity index (χ4n) is 4.84. The quantitative estimate of drug-likeness (QED) is 0.541. The molecule has 10 heteroatoms. The number of ether oxygens (including phenoxy) is 4. The summed E-state index contributed by atoms with van der Waals surface area (Å²) in [6.07, 6.45) is 4.90. The molecule has 0 aromatic carbocycles. The molecular weight excluding hydrogens is 514 g/mol. The summed E-state index contributed by atoms with van der Waals surface area (Å²) < 4.78 is 23.7. The molecule has 0 unspecified atom stereocenters. The lowest BCUT2D eigenvalue weighted by atomic mass is 9.91. The Morgan fingerprint density at radius 1 is 0.781 bits per heavy atom. The molecule has 4 aliphatic rings. The molecule has 2 spiro atoms. The van der Waals surface area contributed by atoms with Gasteiger partial charge in [0.1, 0.15) is 17.1 Å². The molecule has 32 heavy (non-hydrogen) atoms. The van der Waals surface area contributed by atoms with Gasteiger partial charge in [0.25, 0.3) is 0 Å². The van der Waals surface area contributed by atoms with E-state index in [4.69, 9.17) is 35.2 Å². The summed E-state index contributed by atoms with van der Waals surface area (Å²) in [6, 6.07) is 4.45. The van der Waals surface area contributed by atoms with Crippen molar-refractivity contribution < 1.29 is 18.9 Å². The number of nitriles is 2. The van der Waals surface area contributed by atoms with Gasteiger partial charge in [-0.15, -0.1) is 22.7 Å². The Balaban J connectivity index is 0.000000135. The number of hydrogen-bond acceptors (Lipinski definition) is 9. The molecule has 2 aromatic heterocycles. The molecule has 2 fully saturated rings. The van der Waals surface area contributed by atoms with E-state index < -0.39 is 11.6 Å². The minimum Gasteiger partial charge on any atom is -0.389 e. The Labute approximate surface area is 202 Å². The zero-order valence-electron chi connectivity index (χ0n) is 17.4. The first-order valence-electron chi connectivity index (χ1n) is 10.5. The van der Waals surface area contributed by atoms with Crippen molar-refractivity contribution in [3.63, 3.8) is 0 Å². The third-order valence-corrected chi connectivity index (χ3v) is 9.35. The third kappa shape index (κ3) is 3.88. The molecule has 0 radical (unpaired) electrons. The first kappa shape index (κ1) is 22.3. The smallest absolute Gasteiger partial charge is 0.173 e. The number of halogens is 1. The lowest BCUT2D eigenvalue weighted by Gasteiger charge is -2.31. The van der Waals surface area contributed by atoms with Gasteiger partial charge in [-0.05, 0) is 39.9 Å². The van der Waals surface area contributed by atoms with Gasteiger partial charge in [-0.1, -0.05) is 0 Å². The molecule has 168 valence electrons. The van der Waals surface area contributed by atoms with Crippen LogP contribution in [0.15, 0.2) is 3.79 Å². The van der Waals surface area contributed by atoms with Crippen LogP contribution in [0.2, 0.25) is 0 Å². The Bertz CT molecular complexity index is 1030. The first-order chi connectivity index (χ1) is 15.5. The van der Waals surface area contributed by atoms with Crippen molar-refractivity contribution in [2.45, 2.75) is 50.1 Å². The molecule has 0 amide bonds. The molecule has 0 bridgehead atoms. The van der Waals surface area contributed by atoms with Gasteiger partial charge in [0.2, 0.25) is 0 Å². The minimum absolute atomic E-state index is 0.399. The van der Waals surface area contributed by atoms with Gasteiger partial charge in [0, 0.05) is 35.4 Å². The largest absolute Gasteiger partial charge is 0.389 e. The van der Waals surface area contributed by atoms with Crippen molar-refractivity contribution in [1.29, 1.82) is 10.5 Å². The maximum Gasteiger partial charge on any atom is 0.173 e. The van der Waals surface area contributed by atoms with Gasteiger partial charge >= 0.3 is 0 Å². The van der Waals surface area contributed by atoms with E-state index in [0.717, 1.165) is 58.3 Å². The normalized spacial score (nSPS) is 22.0. The SMILES string of the molecule is N#Cc1c(Br)sc2c1CCC1(C2)OCCO1.N#Cc1c(N)sc2c1CCC1(C2)OCCO1. The average molecular weight is 536 g/mol. The van der Waals surface area contributed by atoms with E-state index in [-0.39, 0.29) is 0 Å². The van der Waals surface area contributed by atoms with Crippen LogP contribution in [0.5, 0.6) is 0 Å². The number of anilines is 1. The molecule has 2 aliphatic heterocycles. The summed E-state index contributed by atoms with van der Waals surface area (Å²) in [5.41, 5.74) is 9.58. The second-order valence-electron chi connectivity index (χ2n) is 8.19. The minimum atomic E-state index is -0.434. The van der Waals surface area contributed by atoms with Crippen LogP contribution in [-0.2, 0) is 44.6 Å². The van der Waals surface area contributed by atoms with Gasteiger partial charge in [-0.3, -0.25) is 0 Å². The van der Waals surface area contributed by atoms with Crippen LogP contribution < -0.4 is 5.73 Å². The van der Waals surface area contributed by atoms with Gasteiger partial charge in [-0.25, -0.2) is 0 Å². The van der Waals surface area contributed by atoms with E-state index in [1.807, 2.05) is 0 Å². The highest BCUT2D eigenvalue weighted by Crippen LogP contribution is 2.43. The molecule has 6 rings (SSSR count). The zero-order valence-corrected chi connectivity index (χ0v) is 20.6. The number of hydrogen-bond donors (Lipinski definition) is 1. The van der Waals surface area contributed by atoms with Crippen molar-refractivity contribution >= 4 is 43.6 Å². The second kappa shape index (κ2) is 8.69. The van der Waals surface area contributed by atoms with E-state index in [1.54, 1.807) is 11.3 Å². The third-order valence-electron chi connectivity index (χ3n) is 6.39. The number of nitrogen functional groups attached to an aromatic ring is 1. The summed E-state index contributed by atoms with van der Waals surface area (Å²) in [4.78, 5) is 2.39. The molecule has 0 atom stereocenters. The van der Waals surface area contributed by atoms with E-state index in [9.17, 15) is 0 Å². The van der Waals surface area contributed by atoms with Gasteiger partial charge in [-0.2, -0.15) is 10.5 Å². The van der Waals surface area contributed by atoms with Crippen LogP contribution in [-0.4, -0.2) is 38.0 Å². The van der Waals surface area contributed by atoms with Crippen LogP contribution in [0.3, 0.4) is 0 Å². The maximum absolute atomic E-state index is 9.08. The van der Waals surface area contributed by atoms with Gasteiger partial charge in [0.15, 0.2) is 11.6 Å². The van der Waals surface area contributed by atoms with Crippen LogP contribution in [0.4, 0.5) is 5.00 Å². The van der Waals surface area contributed by atoms with Crippen molar-refractivity contribution in [3.05, 3.63) is 35.8 Å². The number of fused-ring (bicyclic) bond motifs is 2. The molecule has 2 saturated heterocycles. The summed E-state index contributed by atoms with van der Waals surface area (Å²) >= 11 is 6.58. The topological polar surface area (TPSA) is 111 Å². The fourth-order valence-corrected chi connectivity index (χ4v) is 8.02. The van der Waals surface area contributed by atoms with Crippen molar-refractivity contribution in [2.75, 3.05) is 32.2 Å². The summed E-state index contributed by atoms with van der Waals surface area (Å²) in [6.45, 7) is 2.71. The van der Waals surface area contributed by atoms with Crippen LogP contribution in [0.25, 0.3) is 0 Å². The average Bonchev–Trinajstić information content (AvgIpc) is 3.54. The predicted molar refractivity (Wildman–Crippen MR) is 124 cm³/mol. The molecule has 2 N–H and O–H groups in total. The van der Waals surface area contributed by atoms with E-state index in [0.29, 0.717) is 37.0 Å². The zero-order chi connectivity index (χ0) is 22.3. The molecule has 0 saturated carbocycles. The highest BCUT2D eigenvalue weighted by atomic mass is 79.9. The Kier molecular flexibility index (Phi) is 6.06. The van der Waals surface area contributed by atoms with Gasteiger partial charge in [0.05, 0.1) is 41.3 Å². The number of nitrogens with zero attached hydrogens (tertiary/aromatic N) is 2. The van der Waals surface area contributed by atoms with Crippen molar-refractivity contribution in [1.82, 2.24) is 0 Å². The second-order valence-corrected chi connectivity index (χ2v) is 11.7. The van der Waals surface area contributed by atoms with Crippen molar-refractivity contribution in [3.8, 4) is 12.1 Å². The van der Waals surface area contributed by atoms with Crippen LogP contribution >= 0.6 is 38.6 Å². The molecule has 2 aliphatic carbocycles. The molecular formula is C22H22BrN3O4S2. The number of nitrogens with two attached hydrogens (primary N) is 1. The fraction of sp³-hybridized carbons (Fsp3) is 0.545. The maximum atomic E-state index is 9.08. The summed E-state index contributed by atoms with van der Waals surface area (Å²) in [7, 11) is 0. The Morgan fingerprint density at radius 2 is 1.25 bits per heavy atom. The van der Waals surface area contributed by atoms with Gasteiger partial charge < -0.3 is 24.7 Å². The highest BCUT2D eigenvalue weighted by molar-refractivity contribution is 9.11. The lowest BCUT2D eigenvalue weighted by Crippen LogP contribution is -2.36. The number of rotatable bonds is 0. The predicted octanol–water partition coefficient (Wildman–Crippen LogP) is 4.05. The standard InChI is InChI=1S/C11H10BrNO2S.C11H12N2O2S/c12-10-8(6-13)7-1-2-11(5-9(7)16-10)14-3-4-15-11;12-6-8-7-1-2-11(14-3-4-15-11)5-9(7)16-10(8)13/h1-5H2;1-5,13H2. The highest BCUT2D eigenvalue weighted by Gasteiger charge is 2.42. The monoisotopic (exact) mass is 535 g/mol. The van der Waals surface area contributed by atoms with E-state index in [1.165, 1.54) is 21.8 Å². The number of thiophene rings is 2. The first-order valence-corrected chi connectivity index (χ1v) is 13.0. The Hall–Kier alpha value is -1.50. The van der Waals surface area contributed by atoms with Crippen LogP contribution in [0.1, 0.15) is 44.8 Å². The van der Waals surface area contributed by atoms with E-state index >= 15 is 0 Å². The summed E-state index contributed by atoms with van der Waals surface area (Å²) in [5.74, 6) is -0.832. The van der Waals surface area contributed by atoms with Crippen molar-refractivity contribution in [2.24, 2.45) is 0 Å². The summed E-state index contributed by atoms with van der Waals surface area (Å²) in [5, 5.41) is 18.7. The Morgan fingerprint density at radius 3 is 1.75 bits per heavy atom.